The van der Waals surface area contributed by atoms with E-state index in [4.69, 9.17) is 0 Å². The Morgan fingerprint density at radius 1 is 0.923 bits per heavy atom. The first-order valence-electron chi connectivity index (χ1n) is 4.06. The van der Waals surface area contributed by atoms with Crippen LogP contribution in [0.5, 0.6) is 0 Å². The van der Waals surface area contributed by atoms with Crippen LogP contribution in [-0.4, -0.2) is 4.21 Å². The summed E-state index contributed by atoms with van der Waals surface area (Å²) in [6.45, 7) is 0. The predicted octanol–water partition coefficient (Wildman–Crippen LogP) is 2.16. The molecule has 1 aromatic rings. The van der Waals surface area contributed by atoms with Crippen molar-refractivity contribution in [2.24, 2.45) is 0 Å². The summed E-state index contributed by atoms with van der Waals surface area (Å²) in [5, 5.41) is 0.867. The smallest absolute Gasteiger partial charge is 0.0754 e. The molecule has 1 aliphatic rings. The van der Waals surface area contributed by atoms with Gasteiger partial charge in [0.2, 0.25) is 0 Å². The monoisotopic (exact) mass is 189 g/mol. The highest BCUT2D eigenvalue weighted by Gasteiger charge is 2.24. The third-order valence-electron chi connectivity index (χ3n) is 1.80. The van der Waals surface area contributed by atoms with Crippen LogP contribution in [0.3, 0.4) is 0 Å². The zero-order valence-electron chi connectivity index (χ0n) is 7.01. The van der Waals surface area contributed by atoms with Gasteiger partial charge in [-0.1, -0.05) is 18.2 Å². The first-order valence-corrected chi connectivity index (χ1v) is 5.21. The molecule has 0 saturated heterocycles. The van der Waals surface area contributed by atoms with Gasteiger partial charge in [-0.15, -0.1) is 0 Å². The maximum atomic E-state index is 11.8. The van der Waals surface area contributed by atoms with Crippen LogP contribution in [0, 0.1) is 30.9 Å². The van der Waals surface area contributed by atoms with Gasteiger partial charge in [-0.05, 0) is 37.8 Å². The van der Waals surface area contributed by atoms with Crippen molar-refractivity contribution < 1.29 is 4.21 Å². The molecule has 0 amide bonds. The van der Waals surface area contributed by atoms with Crippen LogP contribution in [0.15, 0.2) is 35.2 Å². The Morgan fingerprint density at radius 2 is 1.54 bits per heavy atom. The van der Waals surface area contributed by atoms with Crippen molar-refractivity contribution in [3.05, 3.63) is 61.3 Å². The molecule has 1 nitrogen and oxygen atoms in total. The lowest BCUT2D eigenvalue weighted by atomic mass is 10.4. The van der Waals surface area contributed by atoms with Crippen molar-refractivity contribution in [2.75, 3.05) is 0 Å². The standard InChI is InChI=1S/C11H9OS/c12-13(11-8-4-5-9-11)10-6-2-1-3-7-10/h1-9H/t13-/m1/s1. The van der Waals surface area contributed by atoms with Gasteiger partial charge in [-0.2, -0.15) is 0 Å². The molecule has 0 unspecified atom stereocenters. The van der Waals surface area contributed by atoms with Crippen LogP contribution in [0.25, 0.3) is 0 Å². The minimum absolute atomic E-state index is 0.855. The molecule has 2 rings (SSSR count). The van der Waals surface area contributed by atoms with Crippen LogP contribution >= 0.6 is 0 Å². The van der Waals surface area contributed by atoms with Crippen molar-refractivity contribution in [2.45, 2.75) is 4.90 Å². The molecule has 0 aromatic heterocycles. The second-order valence-electron chi connectivity index (χ2n) is 2.70. The number of hydrogen-bond donors (Lipinski definition) is 0. The molecule has 2 heteroatoms. The summed E-state index contributed by atoms with van der Waals surface area (Å²) in [6, 6.07) is 9.48. The van der Waals surface area contributed by atoms with E-state index in [0.29, 0.717) is 0 Å². The van der Waals surface area contributed by atoms with E-state index < -0.39 is 10.8 Å². The molecule has 1 fully saturated rings. The Labute approximate surface area is 81.6 Å². The summed E-state index contributed by atoms with van der Waals surface area (Å²) in [4.78, 5) is 0.855. The molecule has 65 valence electrons. The Morgan fingerprint density at radius 3 is 2.15 bits per heavy atom. The van der Waals surface area contributed by atoms with Gasteiger partial charge in [-0.3, -0.25) is 4.21 Å². The average molecular weight is 189 g/mol. The van der Waals surface area contributed by atoms with Gasteiger partial charge in [0.05, 0.1) is 16.0 Å². The second-order valence-corrected chi connectivity index (χ2v) is 4.18. The first-order chi connectivity index (χ1) is 6.38. The SMILES string of the molecule is O=[S@@]([C]1[CH][CH][CH][CH]1)c1ccccc1. The van der Waals surface area contributed by atoms with E-state index in [-0.39, 0.29) is 0 Å². The lowest BCUT2D eigenvalue weighted by Gasteiger charge is -2.06. The van der Waals surface area contributed by atoms with Gasteiger partial charge >= 0.3 is 0 Å². The fourth-order valence-electron chi connectivity index (χ4n) is 1.16. The Kier molecular flexibility index (Phi) is 2.79. The van der Waals surface area contributed by atoms with Crippen LogP contribution in [0.4, 0.5) is 0 Å². The maximum Gasteiger partial charge on any atom is 0.0754 e. The molecule has 1 atom stereocenters. The number of hydrogen-bond acceptors (Lipinski definition) is 1. The zero-order chi connectivity index (χ0) is 9.10. The van der Waals surface area contributed by atoms with Gasteiger partial charge in [0, 0.05) is 4.90 Å². The largest absolute Gasteiger partial charge is 0.254 e. The van der Waals surface area contributed by atoms with E-state index in [1.807, 2.05) is 56.0 Å². The van der Waals surface area contributed by atoms with E-state index >= 15 is 0 Å². The van der Waals surface area contributed by atoms with Crippen molar-refractivity contribution in [1.82, 2.24) is 0 Å². The van der Waals surface area contributed by atoms with Gasteiger partial charge in [0.25, 0.3) is 0 Å². The average Bonchev–Trinajstić information content (AvgIpc) is 2.71. The van der Waals surface area contributed by atoms with E-state index in [1.54, 1.807) is 0 Å². The molecule has 0 bridgehead atoms. The van der Waals surface area contributed by atoms with Gasteiger partial charge in [-0.25, -0.2) is 0 Å². The highest BCUT2D eigenvalue weighted by Crippen LogP contribution is 2.29. The third kappa shape index (κ3) is 1.99. The first kappa shape index (κ1) is 8.95. The summed E-state index contributed by atoms with van der Waals surface area (Å²) < 4.78 is 11.8. The lowest BCUT2D eigenvalue weighted by Crippen LogP contribution is -2.02. The van der Waals surface area contributed by atoms with E-state index in [9.17, 15) is 4.21 Å². The highest BCUT2D eigenvalue weighted by atomic mass is 32.2. The van der Waals surface area contributed by atoms with Gasteiger partial charge < -0.3 is 0 Å². The van der Waals surface area contributed by atoms with E-state index in [1.165, 1.54) is 0 Å². The topological polar surface area (TPSA) is 17.1 Å². The molecule has 1 saturated carbocycles. The Hall–Kier alpha value is -0.630. The van der Waals surface area contributed by atoms with Gasteiger partial charge in [0.15, 0.2) is 0 Å². The van der Waals surface area contributed by atoms with Gasteiger partial charge in [0.1, 0.15) is 0 Å². The van der Waals surface area contributed by atoms with E-state index in [0.717, 1.165) is 10.1 Å². The Bertz CT molecular complexity index is 288. The molecule has 13 heavy (non-hydrogen) atoms. The molecule has 0 spiro atoms. The second kappa shape index (κ2) is 4.05. The molecular formula is C11H9OS. The summed E-state index contributed by atoms with van der Waals surface area (Å²) in [5.74, 6) is 0. The van der Waals surface area contributed by atoms with Crippen molar-refractivity contribution in [3.63, 3.8) is 0 Å². The molecular weight excluding hydrogens is 180 g/mol. The minimum Gasteiger partial charge on any atom is -0.254 e. The summed E-state index contributed by atoms with van der Waals surface area (Å²) >= 11 is 0. The molecule has 1 aliphatic carbocycles. The normalized spacial score (nSPS) is 20.3. The number of benzene rings is 1. The fourth-order valence-corrected chi connectivity index (χ4v) is 2.24. The third-order valence-corrected chi connectivity index (χ3v) is 3.20. The van der Waals surface area contributed by atoms with Crippen LogP contribution in [0.1, 0.15) is 0 Å². The van der Waals surface area contributed by atoms with Crippen molar-refractivity contribution in [3.8, 4) is 0 Å². The van der Waals surface area contributed by atoms with Crippen LogP contribution < -0.4 is 0 Å². The maximum absolute atomic E-state index is 11.8. The summed E-state index contributed by atoms with van der Waals surface area (Å²) in [5.41, 5.74) is 0. The van der Waals surface area contributed by atoms with Crippen LogP contribution in [-0.2, 0) is 10.8 Å². The molecule has 0 N–H and O–H groups in total. The van der Waals surface area contributed by atoms with E-state index in [2.05, 4.69) is 0 Å². The fraction of sp³-hybridized carbons (Fsp3) is 0. The summed E-state index contributed by atoms with van der Waals surface area (Å²) in [6.07, 6.45) is 7.55. The molecule has 1 aromatic carbocycles. The predicted molar refractivity (Wildman–Crippen MR) is 53.3 cm³/mol. The van der Waals surface area contributed by atoms with Crippen molar-refractivity contribution >= 4 is 10.8 Å². The highest BCUT2D eigenvalue weighted by molar-refractivity contribution is 7.88. The molecule has 0 aliphatic heterocycles. The van der Waals surface area contributed by atoms with Crippen molar-refractivity contribution in [1.29, 1.82) is 0 Å². The molecule has 0 heterocycles. The molecule has 5 radical (unpaired) electrons. The minimum atomic E-state index is -1.02. The number of rotatable bonds is 2. The zero-order valence-corrected chi connectivity index (χ0v) is 7.83. The quantitative estimate of drug-likeness (QED) is 0.696. The van der Waals surface area contributed by atoms with Crippen LogP contribution in [0.2, 0.25) is 0 Å². The Balaban J connectivity index is 2.13. The summed E-state index contributed by atoms with van der Waals surface area (Å²) in [7, 11) is -1.02. The lowest BCUT2D eigenvalue weighted by molar-refractivity contribution is 0.685.